The lowest BCUT2D eigenvalue weighted by molar-refractivity contribution is 0.747. The van der Waals surface area contributed by atoms with Crippen LogP contribution in [0.2, 0.25) is 0 Å². The van der Waals surface area contributed by atoms with Gasteiger partial charge in [-0.15, -0.1) is 11.8 Å². The van der Waals surface area contributed by atoms with Crippen molar-refractivity contribution in [1.29, 1.82) is 0 Å². The zero-order valence-electron chi connectivity index (χ0n) is 7.51. The highest BCUT2D eigenvalue weighted by Gasteiger charge is 2.22. The van der Waals surface area contributed by atoms with Gasteiger partial charge in [0.1, 0.15) is 0 Å². The molecule has 0 amide bonds. The smallest absolute Gasteiger partial charge is 0.0260 e. The molecule has 0 aliphatic carbocycles. The maximum absolute atomic E-state index is 3.59. The lowest BCUT2D eigenvalue weighted by Crippen LogP contribution is -2.20. The molecule has 1 aliphatic rings. The van der Waals surface area contributed by atoms with Crippen LogP contribution in [-0.2, 0) is 6.42 Å². The molecule has 1 atom stereocenters. The number of rotatable bonds is 2. The third-order valence-electron chi connectivity index (χ3n) is 2.23. The van der Waals surface area contributed by atoms with Gasteiger partial charge in [0.05, 0.1) is 0 Å². The lowest BCUT2D eigenvalue weighted by atomic mass is 10.1. The number of thioether (sulfide) groups is 1. The van der Waals surface area contributed by atoms with Crippen molar-refractivity contribution < 1.29 is 0 Å². The molecule has 3 heteroatoms. The largest absolute Gasteiger partial charge is 0.319 e. The molecule has 0 aromatic heterocycles. The van der Waals surface area contributed by atoms with Crippen molar-refractivity contribution in [2.45, 2.75) is 16.6 Å². The minimum absolute atomic E-state index is 0.707. The van der Waals surface area contributed by atoms with Crippen LogP contribution in [0, 0.1) is 0 Å². The van der Waals surface area contributed by atoms with Crippen LogP contribution in [0.3, 0.4) is 0 Å². The van der Waals surface area contributed by atoms with Gasteiger partial charge in [-0.1, -0.05) is 22.0 Å². The van der Waals surface area contributed by atoms with Crippen molar-refractivity contribution in [1.82, 2.24) is 5.32 Å². The maximum Gasteiger partial charge on any atom is 0.0260 e. The highest BCUT2D eigenvalue weighted by Crippen LogP contribution is 2.40. The molecule has 1 N–H and O–H groups in total. The van der Waals surface area contributed by atoms with E-state index in [4.69, 9.17) is 0 Å². The fourth-order valence-electron chi connectivity index (χ4n) is 1.64. The Labute approximate surface area is 91.4 Å². The third kappa shape index (κ3) is 1.92. The van der Waals surface area contributed by atoms with Crippen molar-refractivity contribution >= 4 is 27.7 Å². The molecule has 0 radical (unpaired) electrons. The molecule has 2 rings (SSSR count). The van der Waals surface area contributed by atoms with Crippen LogP contribution in [0.15, 0.2) is 27.6 Å². The Kier molecular flexibility index (Phi) is 2.96. The number of nitrogens with one attached hydrogen (secondary N) is 1. The van der Waals surface area contributed by atoms with Gasteiger partial charge in [0.25, 0.3) is 0 Å². The number of hydrogen-bond donors (Lipinski definition) is 1. The molecule has 1 heterocycles. The quantitative estimate of drug-likeness (QED) is 0.875. The summed E-state index contributed by atoms with van der Waals surface area (Å²) in [7, 11) is 2.01. The summed E-state index contributed by atoms with van der Waals surface area (Å²) < 4.78 is 1.26. The third-order valence-corrected chi connectivity index (χ3v) is 4.28. The maximum atomic E-state index is 3.59. The van der Waals surface area contributed by atoms with Gasteiger partial charge in [-0.25, -0.2) is 0 Å². The molecule has 1 aromatic carbocycles. The van der Waals surface area contributed by atoms with Gasteiger partial charge < -0.3 is 5.32 Å². The summed E-state index contributed by atoms with van der Waals surface area (Å²) in [5.74, 6) is 0. The van der Waals surface area contributed by atoms with Crippen molar-refractivity contribution in [3.8, 4) is 0 Å². The Morgan fingerprint density at radius 1 is 1.62 bits per heavy atom. The average molecular weight is 258 g/mol. The summed E-state index contributed by atoms with van der Waals surface area (Å²) in [6.07, 6.45) is 1.18. The van der Waals surface area contributed by atoms with Gasteiger partial charge >= 0.3 is 0 Å². The molecule has 0 fully saturated rings. The fraction of sp³-hybridized carbons (Fsp3) is 0.400. The Hall–Kier alpha value is 0.01000. The second-order valence-electron chi connectivity index (χ2n) is 3.22. The number of hydrogen-bond acceptors (Lipinski definition) is 2. The molecule has 1 nitrogen and oxygen atoms in total. The van der Waals surface area contributed by atoms with E-state index in [1.54, 1.807) is 0 Å². The summed E-state index contributed by atoms with van der Waals surface area (Å²) >= 11 is 5.57. The zero-order valence-corrected chi connectivity index (χ0v) is 9.91. The standard InChI is InChI=1S/C10H12BrNS/c1-12-6-7-5-8-9(11)3-2-4-10(8)13-7/h2-4,7,12H,5-6H2,1H3. The summed E-state index contributed by atoms with van der Waals surface area (Å²) in [6.45, 7) is 1.09. The van der Waals surface area contributed by atoms with Crippen LogP contribution >= 0.6 is 27.7 Å². The Morgan fingerprint density at radius 3 is 3.15 bits per heavy atom. The van der Waals surface area contributed by atoms with Gasteiger partial charge in [-0.05, 0) is 31.2 Å². The fourth-order valence-corrected chi connectivity index (χ4v) is 3.65. The SMILES string of the molecule is CNCC1Cc2c(Br)cccc2S1. The molecule has 0 spiro atoms. The Balaban J connectivity index is 2.20. The van der Waals surface area contributed by atoms with Crippen LogP contribution in [-0.4, -0.2) is 18.8 Å². The second kappa shape index (κ2) is 4.03. The minimum atomic E-state index is 0.707. The molecule has 1 aromatic rings. The first-order valence-electron chi connectivity index (χ1n) is 4.40. The summed E-state index contributed by atoms with van der Waals surface area (Å²) in [6, 6.07) is 6.44. The molecule has 70 valence electrons. The van der Waals surface area contributed by atoms with E-state index in [0.29, 0.717) is 5.25 Å². The van der Waals surface area contributed by atoms with Gasteiger partial charge in [-0.2, -0.15) is 0 Å². The van der Waals surface area contributed by atoms with Crippen LogP contribution in [0.1, 0.15) is 5.56 Å². The highest BCUT2D eigenvalue weighted by atomic mass is 79.9. The van der Waals surface area contributed by atoms with Gasteiger partial charge in [0.2, 0.25) is 0 Å². The van der Waals surface area contributed by atoms with Crippen LogP contribution in [0.25, 0.3) is 0 Å². The van der Waals surface area contributed by atoms with Gasteiger partial charge in [0.15, 0.2) is 0 Å². The van der Waals surface area contributed by atoms with E-state index >= 15 is 0 Å². The predicted octanol–water partition coefficient (Wildman–Crippen LogP) is 2.69. The Morgan fingerprint density at radius 2 is 2.46 bits per heavy atom. The van der Waals surface area contributed by atoms with Crippen LogP contribution in [0.5, 0.6) is 0 Å². The van der Waals surface area contributed by atoms with Crippen molar-refractivity contribution in [3.05, 3.63) is 28.2 Å². The molecule has 1 unspecified atom stereocenters. The molecular formula is C10H12BrNS. The first kappa shape index (κ1) is 9.56. The topological polar surface area (TPSA) is 12.0 Å². The van der Waals surface area contributed by atoms with E-state index in [1.807, 2.05) is 18.8 Å². The van der Waals surface area contributed by atoms with Crippen molar-refractivity contribution in [2.75, 3.05) is 13.6 Å². The van der Waals surface area contributed by atoms with E-state index in [0.717, 1.165) is 6.54 Å². The van der Waals surface area contributed by atoms with Crippen LogP contribution in [0.4, 0.5) is 0 Å². The molecular weight excluding hydrogens is 246 g/mol. The number of halogens is 1. The summed E-state index contributed by atoms with van der Waals surface area (Å²) in [5, 5.41) is 3.93. The van der Waals surface area contributed by atoms with E-state index < -0.39 is 0 Å². The molecule has 0 bridgehead atoms. The molecule has 0 saturated heterocycles. The van der Waals surface area contributed by atoms with E-state index in [-0.39, 0.29) is 0 Å². The van der Waals surface area contributed by atoms with Gasteiger partial charge in [-0.3, -0.25) is 0 Å². The summed E-state index contributed by atoms with van der Waals surface area (Å²) in [4.78, 5) is 1.44. The summed E-state index contributed by atoms with van der Waals surface area (Å²) in [5.41, 5.74) is 1.48. The first-order chi connectivity index (χ1) is 6.31. The van der Waals surface area contributed by atoms with Gasteiger partial charge in [0, 0.05) is 21.2 Å². The highest BCUT2D eigenvalue weighted by molar-refractivity contribution is 9.10. The van der Waals surface area contributed by atoms with Crippen LogP contribution < -0.4 is 5.32 Å². The molecule has 0 saturated carbocycles. The van der Waals surface area contributed by atoms with E-state index in [1.165, 1.54) is 21.4 Å². The second-order valence-corrected chi connectivity index (χ2v) is 5.41. The average Bonchev–Trinajstić information content (AvgIpc) is 2.49. The van der Waals surface area contributed by atoms with Crippen molar-refractivity contribution in [3.63, 3.8) is 0 Å². The lowest BCUT2D eigenvalue weighted by Gasteiger charge is -2.05. The normalized spacial score (nSPS) is 20.3. The van der Waals surface area contributed by atoms with E-state index in [2.05, 4.69) is 39.4 Å². The number of benzene rings is 1. The Bertz CT molecular complexity index is 314. The number of fused-ring (bicyclic) bond motifs is 1. The predicted molar refractivity (Wildman–Crippen MR) is 61.4 cm³/mol. The zero-order chi connectivity index (χ0) is 9.26. The van der Waals surface area contributed by atoms with Crippen molar-refractivity contribution in [2.24, 2.45) is 0 Å². The van der Waals surface area contributed by atoms with E-state index in [9.17, 15) is 0 Å². The first-order valence-corrected chi connectivity index (χ1v) is 6.07. The monoisotopic (exact) mass is 257 g/mol. The molecule has 13 heavy (non-hydrogen) atoms. The minimum Gasteiger partial charge on any atom is -0.319 e. The molecule has 1 aliphatic heterocycles.